The number of nitrogens with zero attached hydrogens (tertiary/aromatic N) is 2. The molecule has 124 valence electrons. The van der Waals surface area contributed by atoms with Crippen molar-refractivity contribution in [1.82, 2.24) is 0 Å². The first-order valence-electron chi connectivity index (χ1n) is 9.12. The van der Waals surface area contributed by atoms with Gasteiger partial charge in [0.1, 0.15) is 12.2 Å². The van der Waals surface area contributed by atoms with Crippen molar-refractivity contribution in [1.29, 1.82) is 0 Å². The molecule has 0 spiro atoms. The van der Waals surface area contributed by atoms with Crippen molar-refractivity contribution >= 4 is 23.6 Å². The molecule has 1 aromatic carbocycles. The van der Waals surface area contributed by atoms with Crippen molar-refractivity contribution in [2.75, 3.05) is 5.01 Å². The summed E-state index contributed by atoms with van der Waals surface area (Å²) >= 11 is 0. The van der Waals surface area contributed by atoms with E-state index in [1.807, 2.05) is 30.3 Å². The molecule has 4 saturated carbocycles. The molecule has 0 saturated heterocycles. The van der Waals surface area contributed by atoms with Gasteiger partial charge in [0.05, 0.1) is 11.4 Å². The van der Waals surface area contributed by atoms with E-state index < -0.39 is 5.92 Å². The number of amides is 1. The molecule has 24 heavy (non-hydrogen) atoms. The Labute approximate surface area is 141 Å². The van der Waals surface area contributed by atoms with Crippen molar-refractivity contribution in [3.63, 3.8) is 0 Å². The zero-order valence-corrected chi connectivity index (χ0v) is 13.7. The lowest BCUT2D eigenvalue weighted by Crippen LogP contribution is -2.51. The maximum Gasteiger partial charge on any atom is 0.263 e. The Morgan fingerprint density at radius 3 is 2.12 bits per heavy atom. The van der Waals surface area contributed by atoms with Gasteiger partial charge in [0.15, 0.2) is 0 Å². The number of rotatable bonds is 3. The summed E-state index contributed by atoms with van der Waals surface area (Å²) in [6, 6.07) is 9.48. The molecule has 1 unspecified atom stereocenters. The molecule has 4 heteroatoms. The molecule has 1 atom stereocenters. The minimum atomic E-state index is -0.679. The van der Waals surface area contributed by atoms with Crippen LogP contribution < -0.4 is 5.01 Å². The lowest BCUT2D eigenvalue weighted by Gasteiger charge is -2.57. The number of anilines is 1. The van der Waals surface area contributed by atoms with Crippen LogP contribution >= 0.6 is 0 Å². The monoisotopic (exact) mass is 322 g/mol. The van der Waals surface area contributed by atoms with Crippen LogP contribution in [0, 0.1) is 29.1 Å². The minimum absolute atomic E-state index is 0.000479. The van der Waals surface area contributed by atoms with Gasteiger partial charge in [-0.1, -0.05) is 18.2 Å². The van der Waals surface area contributed by atoms with Gasteiger partial charge in [-0.2, -0.15) is 10.1 Å². The van der Waals surface area contributed by atoms with Gasteiger partial charge in [-0.3, -0.25) is 4.79 Å². The fourth-order valence-corrected chi connectivity index (χ4v) is 6.21. The topological polar surface area (TPSA) is 49.7 Å². The summed E-state index contributed by atoms with van der Waals surface area (Å²) in [7, 11) is 0. The van der Waals surface area contributed by atoms with E-state index in [0.717, 1.165) is 54.7 Å². The average molecular weight is 322 g/mol. The molecule has 1 aliphatic heterocycles. The first-order chi connectivity index (χ1) is 11.7. The third-order valence-electron chi connectivity index (χ3n) is 6.70. The molecule has 1 amide bonds. The van der Waals surface area contributed by atoms with Crippen LogP contribution in [0.25, 0.3) is 0 Å². The van der Waals surface area contributed by atoms with Crippen molar-refractivity contribution in [3.8, 4) is 0 Å². The normalized spacial score (nSPS) is 40.1. The summed E-state index contributed by atoms with van der Waals surface area (Å²) in [5.74, 6) is 1.45. The summed E-state index contributed by atoms with van der Waals surface area (Å²) in [4.78, 5) is 24.6. The Balaban J connectivity index is 1.56. The third-order valence-corrected chi connectivity index (χ3v) is 6.70. The van der Waals surface area contributed by atoms with Gasteiger partial charge < -0.3 is 4.79 Å². The van der Waals surface area contributed by atoms with Gasteiger partial charge in [-0.25, -0.2) is 0 Å². The van der Waals surface area contributed by atoms with Crippen molar-refractivity contribution < 1.29 is 9.59 Å². The number of hydrazone groups is 1. The average Bonchev–Trinajstić information content (AvgIpc) is 2.92. The molecule has 4 aliphatic carbocycles. The number of hydrogen-bond donors (Lipinski definition) is 0. The predicted octanol–water partition coefficient (Wildman–Crippen LogP) is 3.42. The van der Waals surface area contributed by atoms with Crippen LogP contribution in [0.4, 0.5) is 5.69 Å². The number of para-hydroxylation sites is 1. The number of benzene rings is 1. The van der Waals surface area contributed by atoms with Crippen LogP contribution in [0.1, 0.15) is 38.5 Å². The Bertz CT molecular complexity index is 689. The first-order valence-corrected chi connectivity index (χ1v) is 9.12. The van der Waals surface area contributed by atoms with Crippen molar-refractivity contribution in [2.45, 2.75) is 38.5 Å². The molecule has 6 rings (SSSR count). The molecule has 1 heterocycles. The fraction of sp³-hybridized carbons (Fsp3) is 0.550. The van der Waals surface area contributed by atoms with E-state index in [1.165, 1.54) is 24.3 Å². The molecule has 0 aromatic heterocycles. The Hall–Kier alpha value is -1.97. The second-order valence-electron chi connectivity index (χ2n) is 8.28. The Morgan fingerprint density at radius 2 is 1.58 bits per heavy atom. The van der Waals surface area contributed by atoms with E-state index in [4.69, 9.17) is 5.10 Å². The van der Waals surface area contributed by atoms with Gasteiger partial charge in [0.25, 0.3) is 5.91 Å². The Morgan fingerprint density at radius 1 is 1.00 bits per heavy atom. The second-order valence-corrected chi connectivity index (χ2v) is 8.28. The zero-order valence-electron chi connectivity index (χ0n) is 13.7. The smallest absolute Gasteiger partial charge is 0.263 e. The highest BCUT2D eigenvalue weighted by Crippen LogP contribution is 2.61. The molecular weight excluding hydrogens is 300 g/mol. The Kier molecular flexibility index (Phi) is 3.00. The SMILES string of the molecule is O=CC1C(=O)N(c2ccccc2)N=C1C12CC3CC(CC(C3)C1)C2. The number of carbonyl (C=O) groups is 2. The number of hydrogen-bond acceptors (Lipinski definition) is 3. The largest absolute Gasteiger partial charge is 0.302 e. The van der Waals surface area contributed by atoms with Crippen LogP contribution in [-0.2, 0) is 9.59 Å². The molecule has 5 aliphatic rings. The highest BCUT2D eigenvalue weighted by atomic mass is 16.2. The number of carbonyl (C=O) groups excluding carboxylic acids is 2. The van der Waals surface area contributed by atoms with Crippen LogP contribution in [0.5, 0.6) is 0 Å². The van der Waals surface area contributed by atoms with Crippen LogP contribution in [0.3, 0.4) is 0 Å². The van der Waals surface area contributed by atoms with E-state index in [0.29, 0.717) is 0 Å². The molecular formula is C20H22N2O2. The van der Waals surface area contributed by atoms with Gasteiger partial charge in [0.2, 0.25) is 0 Å². The summed E-state index contributed by atoms with van der Waals surface area (Å²) < 4.78 is 0. The van der Waals surface area contributed by atoms with E-state index in [2.05, 4.69) is 0 Å². The highest BCUT2D eigenvalue weighted by molar-refractivity contribution is 6.25. The van der Waals surface area contributed by atoms with E-state index in [1.54, 1.807) is 0 Å². The molecule has 4 fully saturated rings. The van der Waals surface area contributed by atoms with E-state index in [-0.39, 0.29) is 11.3 Å². The standard InChI is InChI=1S/C20H22N2O2/c23-12-17-18(21-22(19(17)24)16-4-2-1-3-5-16)20-9-13-6-14(10-20)8-15(7-13)11-20/h1-5,12-15,17H,6-11H2. The van der Waals surface area contributed by atoms with Gasteiger partial charge in [0, 0.05) is 5.41 Å². The molecule has 4 nitrogen and oxygen atoms in total. The van der Waals surface area contributed by atoms with Crippen molar-refractivity contribution in [3.05, 3.63) is 30.3 Å². The maximum absolute atomic E-state index is 12.8. The van der Waals surface area contributed by atoms with Crippen LogP contribution in [0.15, 0.2) is 35.4 Å². The summed E-state index contributed by atoms with van der Waals surface area (Å²) in [6.45, 7) is 0. The van der Waals surface area contributed by atoms with Gasteiger partial charge in [-0.15, -0.1) is 0 Å². The lowest BCUT2D eigenvalue weighted by molar-refractivity contribution is -0.124. The number of aldehydes is 1. The lowest BCUT2D eigenvalue weighted by atomic mass is 9.47. The minimum Gasteiger partial charge on any atom is -0.302 e. The quantitative estimate of drug-likeness (QED) is 0.632. The zero-order chi connectivity index (χ0) is 16.3. The second kappa shape index (κ2) is 5.01. The van der Waals surface area contributed by atoms with Crippen LogP contribution in [-0.4, -0.2) is 17.9 Å². The summed E-state index contributed by atoms with van der Waals surface area (Å²) in [5, 5.41) is 6.22. The maximum atomic E-state index is 12.8. The van der Waals surface area contributed by atoms with E-state index >= 15 is 0 Å². The van der Waals surface area contributed by atoms with E-state index in [9.17, 15) is 9.59 Å². The summed E-state index contributed by atoms with van der Waals surface area (Å²) in [5.41, 5.74) is 1.62. The van der Waals surface area contributed by atoms with Crippen molar-refractivity contribution in [2.24, 2.45) is 34.2 Å². The molecule has 0 N–H and O–H groups in total. The third kappa shape index (κ3) is 1.95. The molecule has 1 aromatic rings. The fourth-order valence-electron chi connectivity index (χ4n) is 6.21. The van der Waals surface area contributed by atoms with Gasteiger partial charge >= 0.3 is 0 Å². The summed E-state index contributed by atoms with van der Waals surface area (Å²) in [6.07, 6.45) is 8.22. The first kappa shape index (κ1) is 14.4. The van der Waals surface area contributed by atoms with Crippen LogP contribution in [0.2, 0.25) is 0 Å². The van der Waals surface area contributed by atoms with Gasteiger partial charge in [-0.05, 0) is 68.4 Å². The predicted molar refractivity (Wildman–Crippen MR) is 91.5 cm³/mol. The molecule has 0 radical (unpaired) electrons. The molecule has 4 bridgehead atoms. The highest BCUT2D eigenvalue weighted by Gasteiger charge is 2.57.